The zero-order valence-electron chi connectivity index (χ0n) is 20.9. The molecule has 0 unspecified atom stereocenters. The average molecular weight is 553 g/mol. The molecule has 1 nitrogen and oxygen atoms in total. The fourth-order valence-electron chi connectivity index (χ4n) is 5.60. The van der Waals surface area contributed by atoms with E-state index in [4.69, 9.17) is 0 Å². The van der Waals surface area contributed by atoms with Crippen molar-refractivity contribution < 1.29 is 0 Å². The molecule has 2 heteroatoms. The summed E-state index contributed by atoms with van der Waals surface area (Å²) in [6.07, 6.45) is 9.09. The van der Waals surface area contributed by atoms with Crippen molar-refractivity contribution in [3.8, 4) is 33.4 Å². The molecule has 0 saturated carbocycles. The lowest BCUT2D eigenvalue weighted by Gasteiger charge is -2.13. The van der Waals surface area contributed by atoms with Gasteiger partial charge in [-0.3, -0.25) is 0 Å². The third-order valence-corrected chi connectivity index (χ3v) is 8.17. The molecule has 5 aromatic carbocycles. The SMILES string of the molecule is Brc1cc(-c2ccc3c4ccccc4n(C4=CCCC=C4)c3c2)ccc1-c1ccc(-c2ccccc2)cc1. The predicted octanol–water partition coefficient (Wildman–Crippen LogP) is 10.7. The molecular weight excluding hydrogens is 526 g/mol. The maximum absolute atomic E-state index is 3.88. The number of allylic oxidation sites excluding steroid dienone is 4. The number of benzene rings is 5. The van der Waals surface area contributed by atoms with Gasteiger partial charge in [-0.05, 0) is 70.5 Å². The first kappa shape index (κ1) is 23.0. The van der Waals surface area contributed by atoms with E-state index in [0.717, 1.165) is 17.3 Å². The Morgan fingerprint density at radius 1 is 0.526 bits per heavy atom. The lowest BCUT2D eigenvalue weighted by atomic mass is 9.97. The van der Waals surface area contributed by atoms with E-state index in [1.165, 1.54) is 60.9 Å². The number of halogens is 1. The van der Waals surface area contributed by atoms with Crippen LogP contribution >= 0.6 is 15.9 Å². The number of fused-ring (bicyclic) bond motifs is 3. The summed E-state index contributed by atoms with van der Waals surface area (Å²) < 4.78 is 3.52. The highest BCUT2D eigenvalue weighted by Gasteiger charge is 2.15. The van der Waals surface area contributed by atoms with Crippen molar-refractivity contribution in [3.63, 3.8) is 0 Å². The van der Waals surface area contributed by atoms with Crippen molar-refractivity contribution in [2.24, 2.45) is 0 Å². The summed E-state index contributed by atoms with van der Waals surface area (Å²) in [4.78, 5) is 0. The molecule has 1 aromatic heterocycles. The minimum Gasteiger partial charge on any atom is -0.310 e. The lowest BCUT2D eigenvalue weighted by molar-refractivity contribution is 1.02. The van der Waals surface area contributed by atoms with Crippen LogP contribution in [0.3, 0.4) is 0 Å². The van der Waals surface area contributed by atoms with Crippen LogP contribution in [0.15, 0.2) is 138 Å². The van der Waals surface area contributed by atoms with Gasteiger partial charge < -0.3 is 4.57 Å². The molecule has 0 aliphatic heterocycles. The van der Waals surface area contributed by atoms with Crippen LogP contribution in [0.2, 0.25) is 0 Å². The Bertz CT molecular complexity index is 1850. The van der Waals surface area contributed by atoms with Crippen LogP contribution in [-0.4, -0.2) is 4.57 Å². The maximum atomic E-state index is 3.88. The molecule has 1 heterocycles. The first-order valence-electron chi connectivity index (χ1n) is 13.1. The number of para-hydroxylation sites is 1. The predicted molar refractivity (Wildman–Crippen MR) is 166 cm³/mol. The van der Waals surface area contributed by atoms with E-state index in [0.29, 0.717) is 0 Å². The van der Waals surface area contributed by atoms with Gasteiger partial charge in [-0.25, -0.2) is 0 Å². The van der Waals surface area contributed by atoms with Crippen LogP contribution in [-0.2, 0) is 0 Å². The zero-order valence-corrected chi connectivity index (χ0v) is 22.5. The Balaban J connectivity index is 1.28. The van der Waals surface area contributed by atoms with Crippen LogP contribution in [0, 0.1) is 0 Å². The molecule has 38 heavy (non-hydrogen) atoms. The molecule has 0 bridgehead atoms. The van der Waals surface area contributed by atoms with Crippen molar-refractivity contribution in [3.05, 3.63) is 138 Å². The largest absolute Gasteiger partial charge is 0.310 e. The summed E-state index contributed by atoms with van der Waals surface area (Å²) in [5.74, 6) is 0. The monoisotopic (exact) mass is 551 g/mol. The molecule has 1 aliphatic carbocycles. The Kier molecular flexibility index (Phi) is 5.83. The van der Waals surface area contributed by atoms with E-state index in [9.17, 15) is 0 Å². The molecule has 1 aliphatic rings. The van der Waals surface area contributed by atoms with Crippen molar-refractivity contribution in [1.82, 2.24) is 4.57 Å². The second-order valence-electron chi connectivity index (χ2n) is 9.83. The van der Waals surface area contributed by atoms with Crippen LogP contribution in [0.1, 0.15) is 12.8 Å². The first-order valence-corrected chi connectivity index (χ1v) is 13.9. The molecule has 0 saturated heterocycles. The highest BCUT2D eigenvalue weighted by molar-refractivity contribution is 9.10. The number of nitrogens with zero attached hydrogens (tertiary/aromatic N) is 1. The Hall–Kier alpha value is -4.14. The number of aromatic nitrogens is 1. The zero-order chi connectivity index (χ0) is 25.5. The van der Waals surface area contributed by atoms with E-state index in [1.54, 1.807) is 0 Å². The highest BCUT2D eigenvalue weighted by atomic mass is 79.9. The highest BCUT2D eigenvalue weighted by Crippen LogP contribution is 2.38. The molecule has 7 rings (SSSR count). The van der Waals surface area contributed by atoms with E-state index in [1.807, 2.05) is 0 Å². The summed E-state index contributed by atoms with van der Waals surface area (Å²) in [6, 6.07) is 41.6. The van der Waals surface area contributed by atoms with Crippen molar-refractivity contribution in [2.45, 2.75) is 12.8 Å². The third kappa shape index (κ3) is 4.02. The topological polar surface area (TPSA) is 4.93 Å². The van der Waals surface area contributed by atoms with Gasteiger partial charge in [0.15, 0.2) is 0 Å². The Morgan fingerprint density at radius 3 is 1.97 bits per heavy atom. The summed E-state index contributed by atoms with van der Waals surface area (Å²) in [5.41, 5.74) is 11.0. The van der Waals surface area contributed by atoms with Crippen molar-refractivity contribution in [2.75, 3.05) is 0 Å². The van der Waals surface area contributed by atoms with Gasteiger partial charge in [0.2, 0.25) is 0 Å². The van der Waals surface area contributed by atoms with E-state index in [-0.39, 0.29) is 0 Å². The fourth-order valence-corrected chi connectivity index (χ4v) is 6.20. The van der Waals surface area contributed by atoms with Gasteiger partial charge >= 0.3 is 0 Å². The van der Waals surface area contributed by atoms with Gasteiger partial charge in [0, 0.05) is 20.9 Å². The number of rotatable bonds is 4. The third-order valence-electron chi connectivity index (χ3n) is 7.51. The fraction of sp³-hybridized carbons (Fsp3) is 0.0556. The van der Waals surface area contributed by atoms with Gasteiger partial charge in [0.05, 0.1) is 11.0 Å². The normalized spacial score (nSPS) is 13.2. The Labute approximate surface area is 231 Å². The van der Waals surface area contributed by atoms with Gasteiger partial charge in [-0.15, -0.1) is 0 Å². The summed E-state index contributed by atoms with van der Waals surface area (Å²) in [6.45, 7) is 0. The van der Waals surface area contributed by atoms with Crippen LogP contribution in [0.4, 0.5) is 0 Å². The molecule has 182 valence electrons. The van der Waals surface area contributed by atoms with Crippen LogP contribution in [0.25, 0.3) is 60.9 Å². The van der Waals surface area contributed by atoms with Crippen LogP contribution < -0.4 is 0 Å². The second-order valence-corrected chi connectivity index (χ2v) is 10.7. The Morgan fingerprint density at radius 2 is 1.18 bits per heavy atom. The molecule has 0 radical (unpaired) electrons. The molecule has 6 aromatic rings. The minimum atomic E-state index is 1.08. The van der Waals surface area contributed by atoms with Gasteiger partial charge in [0.25, 0.3) is 0 Å². The van der Waals surface area contributed by atoms with E-state index < -0.39 is 0 Å². The molecule has 0 amide bonds. The standard InChI is InChI=1S/C36H26BrN/c37-34-23-28(19-21-31(34)27-17-15-26(16-18-27)25-9-3-1-4-10-25)29-20-22-33-32-13-7-8-14-35(32)38(36(33)24-29)30-11-5-2-6-12-30/h1,3-5,7-24H,2,6H2. The molecule has 0 spiro atoms. The van der Waals surface area contributed by atoms with E-state index >= 15 is 0 Å². The van der Waals surface area contributed by atoms with E-state index in [2.05, 4.69) is 154 Å². The summed E-state index contributed by atoms with van der Waals surface area (Å²) in [5, 5.41) is 2.59. The van der Waals surface area contributed by atoms with Gasteiger partial charge in [-0.2, -0.15) is 0 Å². The molecule has 0 fully saturated rings. The van der Waals surface area contributed by atoms with Gasteiger partial charge in [0.1, 0.15) is 0 Å². The smallest absolute Gasteiger partial charge is 0.0547 e. The van der Waals surface area contributed by atoms with Crippen LogP contribution in [0.5, 0.6) is 0 Å². The van der Waals surface area contributed by atoms with Crippen molar-refractivity contribution in [1.29, 1.82) is 0 Å². The quantitative estimate of drug-likeness (QED) is 0.205. The number of hydrogen-bond donors (Lipinski definition) is 0. The second kappa shape index (κ2) is 9.63. The number of hydrogen-bond acceptors (Lipinski definition) is 0. The maximum Gasteiger partial charge on any atom is 0.0547 e. The molecular formula is C36H26BrN. The minimum absolute atomic E-state index is 1.08. The first-order chi connectivity index (χ1) is 18.8. The summed E-state index contributed by atoms with van der Waals surface area (Å²) in [7, 11) is 0. The van der Waals surface area contributed by atoms with Crippen molar-refractivity contribution >= 4 is 43.4 Å². The lowest BCUT2D eigenvalue weighted by Crippen LogP contribution is -1.97. The molecule has 0 N–H and O–H groups in total. The molecule has 0 atom stereocenters. The summed E-state index contributed by atoms with van der Waals surface area (Å²) >= 11 is 3.88. The average Bonchev–Trinajstić information content (AvgIpc) is 3.32. The van der Waals surface area contributed by atoms with Gasteiger partial charge in [-0.1, -0.05) is 125 Å².